The summed E-state index contributed by atoms with van der Waals surface area (Å²) in [6.45, 7) is 7.11. The number of ether oxygens (including phenoxy) is 2. The lowest BCUT2D eigenvalue weighted by atomic mass is 9.94. The number of fused-ring (bicyclic) bond motifs is 1. The van der Waals surface area contributed by atoms with Gasteiger partial charge in [-0.15, -0.1) is 0 Å². The van der Waals surface area contributed by atoms with Gasteiger partial charge in [-0.1, -0.05) is 32.0 Å². The van der Waals surface area contributed by atoms with Crippen molar-refractivity contribution in [2.75, 3.05) is 40.4 Å². The van der Waals surface area contributed by atoms with Gasteiger partial charge in [-0.2, -0.15) is 0 Å². The first-order valence-corrected chi connectivity index (χ1v) is 12.1. The van der Waals surface area contributed by atoms with Gasteiger partial charge in [0.1, 0.15) is 17.1 Å². The van der Waals surface area contributed by atoms with E-state index in [0.29, 0.717) is 35.6 Å². The van der Waals surface area contributed by atoms with Gasteiger partial charge >= 0.3 is 0 Å². The zero-order valence-electron chi connectivity index (χ0n) is 21.1. The van der Waals surface area contributed by atoms with Gasteiger partial charge in [0.15, 0.2) is 11.5 Å². The molecule has 0 aliphatic carbocycles. The van der Waals surface area contributed by atoms with Crippen LogP contribution in [0, 0.1) is 0 Å². The fraction of sp³-hybridized carbons (Fsp3) is 0.357. The molecule has 1 atom stereocenters. The summed E-state index contributed by atoms with van der Waals surface area (Å²) in [5.74, 6) is -0.627. The average Bonchev–Trinajstić information content (AvgIpc) is 3.45. The van der Waals surface area contributed by atoms with Gasteiger partial charge in [0.05, 0.1) is 25.8 Å². The van der Waals surface area contributed by atoms with Crippen LogP contribution in [0.5, 0.6) is 11.5 Å². The Bertz CT molecular complexity index is 1260. The predicted octanol–water partition coefficient (Wildman–Crippen LogP) is 4.76. The first-order chi connectivity index (χ1) is 17.4. The number of aliphatic hydroxyl groups excluding tert-OH is 1. The Morgan fingerprint density at radius 1 is 1.08 bits per heavy atom. The normalized spacial score (nSPS) is 15.9. The predicted molar refractivity (Wildman–Crippen MR) is 137 cm³/mol. The highest BCUT2D eigenvalue weighted by atomic mass is 16.5. The number of aliphatic hydroxyl groups is 1. The number of amides is 1. The Morgan fingerprint density at radius 2 is 1.83 bits per heavy atom. The van der Waals surface area contributed by atoms with E-state index in [4.69, 9.17) is 13.9 Å². The van der Waals surface area contributed by atoms with Crippen molar-refractivity contribution in [3.8, 4) is 11.5 Å². The van der Waals surface area contributed by atoms with Gasteiger partial charge in [-0.25, -0.2) is 0 Å². The Hall–Kier alpha value is -3.78. The number of hydrogen-bond acceptors (Lipinski definition) is 7. The molecule has 2 aromatic carbocycles. The Morgan fingerprint density at radius 3 is 2.50 bits per heavy atom. The highest BCUT2D eigenvalue weighted by Gasteiger charge is 2.45. The van der Waals surface area contributed by atoms with E-state index in [1.165, 1.54) is 12.0 Å². The third-order valence-corrected chi connectivity index (χ3v) is 6.70. The number of para-hydroxylation sites is 1. The Balaban J connectivity index is 1.78. The number of rotatable bonds is 11. The lowest BCUT2D eigenvalue weighted by Gasteiger charge is -2.29. The van der Waals surface area contributed by atoms with Crippen molar-refractivity contribution in [3.63, 3.8) is 0 Å². The van der Waals surface area contributed by atoms with Gasteiger partial charge in [-0.3, -0.25) is 9.59 Å². The van der Waals surface area contributed by atoms with E-state index in [1.54, 1.807) is 37.4 Å². The molecule has 8 heteroatoms. The lowest BCUT2D eigenvalue weighted by Crippen LogP contribution is -2.34. The van der Waals surface area contributed by atoms with Crippen LogP contribution < -0.4 is 9.47 Å². The molecule has 190 valence electrons. The first-order valence-electron chi connectivity index (χ1n) is 12.1. The topological polar surface area (TPSA) is 92.5 Å². The molecule has 0 unspecified atom stereocenters. The minimum absolute atomic E-state index is 0.0338. The molecule has 1 amide bonds. The van der Waals surface area contributed by atoms with Crippen LogP contribution in [-0.4, -0.2) is 67.0 Å². The monoisotopic (exact) mass is 492 g/mol. The molecule has 1 N–H and O–H groups in total. The quantitative estimate of drug-likeness (QED) is 0.386. The molecule has 1 aliphatic heterocycles. The van der Waals surface area contributed by atoms with E-state index in [1.807, 2.05) is 18.2 Å². The smallest absolute Gasteiger partial charge is 0.290 e. The molecule has 1 aromatic heterocycles. The molecule has 8 nitrogen and oxygen atoms in total. The van der Waals surface area contributed by atoms with Gasteiger partial charge in [0.2, 0.25) is 5.78 Å². The summed E-state index contributed by atoms with van der Waals surface area (Å²) >= 11 is 0. The molecule has 0 fully saturated rings. The SMILES string of the molecule is CCN(CC)CCCN1C(=O)C(O)=C(C(=O)c2cc3ccccc3o2)[C@@H]1c1cc(OC)ccc1OC. The van der Waals surface area contributed by atoms with E-state index in [-0.39, 0.29) is 11.3 Å². The second kappa shape index (κ2) is 10.9. The molecule has 0 bridgehead atoms. The van der Waals surface area contributed by atoms with Crippen molar-refractivity contribution in [1.29, 1.82) is 0 Å². The van der Waals surface area contributed by atoms with E-state index < -0.39 is 23.5 Å². The number of methoxy groups -OCH3 is 2. The molecule has 2 heterocycles. The average molecular weight is 493 g/mol. The van der Waals surface area contributed by atoms with Crippen molar-refractivity contribution in [2.24, 2.45) is 0 Å². The standard InChI is InChI=1S/C28H32N2O6/c1-5-29(6-2)14-9-15-30-25(20-17-19(34-3)12-13-22(20)35-4)24(27(32)28(30)33)26(31)23-16-18-10-7-8-11-21(18)36-23/h7-8,10-13,16-17,25,32H,5-6,9,14-15H2,1-4H3/t25-/m0/s1. The van der Waals surface area contributed by atoms with Gasteiger partial charge < -0.3 is 28.8 Å². The molecule has 0 saturated heterocycles. The summed E-state index contributed by atoms with van der Waals surface area (Å²) in [5, 5.41) is 11.8. The van der Waals surface area contributed by atoms with Gasteiger partial charge in [0, 0.05) is 17.5 Å². The third kappa shape index (κ3) is 4.68. The van der Waals surface area contributed by atoms with Crippen molar-refractivity contribution >= 4 is 22.7 Å². The Labute approximate surface area is 210 Å². The summed E-state index contributed by atoms with van der Waals surface area (Å²) in [4.78, 5) is 30.9. The van der Waals surface area contributed by atoms with E-state index in [2.05, 4.69) is 18.7 Å². The van der Waals surface area contributed by atoms with Crippen molar-refractivity contribution in [3.05, 3.63) is 71.2 Å². The van der Waals surface area contributed by atoms with Crippen LogP contribution in [-0.2, 0) is 4.79 Å². The van der Waals surface area contributed by atoms with Crippen molar-refractivity contribution in [1.82, 2.24) is 9.80 Å². The Kier molecular flexibility index (Phi) is 7.64. The largest absolute Gasteiger partial charge is 0.503 e. The summed E-state index contributed by atoms with van der Waals surface area (Å²) in [6, 6.07) is 13.2. The summed E-state index contributed by atoms with van der Waals surface area (Å²) in [6.07, 6.45) is 0.676. The van der Waals surface area contributed by atoms with Crippen LogP contribution in [0.1, 0.15) is 42.4 Å². The van der Waals surface area contributed by atoms with Crippen molar-refractivity contribution < 1.29 is 28.6 Å². The fourth-order valence-corrected chi connectivity index (χ4v) is 4.72. The molecule has 36 heavy (non-hydrogen) atoms. The molecule has 3 aromatic rings. The third-order valence-electron chi connectivity index (χ3n) is 6.70. The van der Waals surface area contributed by atoms with Crippen LogP contribution in [0.4, 0.5) is 0 Å². The van der Waals surface area contributed by atoms with Gasteiger partial charge in [0.25, 0.3) is 5.91 Å². The van der Waals surface area contributed by atoms with Crippen molar-refractivity contribution in [2.45, 2.75) is 26.3 Å². The summed E-state index contributed by atoms with van der Waals surface area (Å²) in [5.41, 5.74) is 1.07. The number of carbonyl (C=O) groups is 2. The number of hydrogen-bond donors (Lipinski definition) is 1. The fourth-order valence-electron chi connectivity index (χ4n) is 4.72. The molecular weight excluding hydrogens is 460 g/mol. The van der Waals surface area contributed by atoms with Crippen LogP contribution in [0.2, 0.25) is 0 Å². The summed E-state index contributed by atoms with van der Waals surface area (Å²) in [7, 11) is 3.07. The maximum absolute atomic E-state index is 13.8. The maximum atomic E-state index is 13.8. The molecular formula is C28H32N2O6. The minimum atomic E-state index is -0.861. The number of Topliss-reactive ketones (excluding diaryl/α,β-unsaturated/α-hetero) is 1. The highest BCUT2D eigenvalue weighted by Crippen LogP contribution is 2.44. The number of ketones is 1. The maximum Gasteiger partial charge on any atom is 0.290 e. The van der Waals surface area contributed by atoms with E-state index >= 15 is 0 Å². The second-order valence-electron chi connectivity index (χ2n) is 8.63. The molecule has 1 aliphatic rings. The van der Waals surface area contributed by atoms with E-state index in [9.17, 15) is 14.7 Å². The lowest BCUT2D eigenvalue weighted by molar-refractivity contribution is -0.129. The molecule has 0 spiro atoms. The zero-order chi connectivity index (χ0) is 25.8. The first kappa shape index (κ1) is 25.3. The zero-order valence-corrected chi connectivity index (χ0v) is 21.1. The number of nitrogens with zero attached hydrogens (tertiary/aromatic N) is 2. The number of benzene rings is 2. The van der Waals surface area contributed by atoms with E-state index in [0.717, 1.165) is 25.0 Å². The van der Waals surface area contributed by atoms with Crippen LogP contribution in [0.3, 0.4) is 0 Å². The number of furan rings is 1. The van der Waals surface area contributed by atoms with Gasteiger partial charge in [-0.05, 0) is 56.4 Å². The highest BCUT2D eigenvalue weighted by molar-refractivity contribution is 6.16. The molecule has 4 rings (SSSR count). The number of carbonyl (C=O) groups excluding carboxylic acids is 2. The molecule has 0 saturated carbocycles. The molecule has 0 radical (unpaired) electrons. The minimum Gasteiger partial charge on any atom is -0.503 e. The van der Waals surface area contributed by atoms with Crippen LogP contribution in [0.15, 0.2) is 64.3 Å². The second-order valence-corrected chi connectivity index (χ2v) is 8.63. The summed E-state index contributed by atoms with van der Waals surface area (Å²) < 4.78 is 16.8. The van der Waals surface area contributed by atoms with Crippen LogP contribution >= 0.6 is 0 Å². The van der Waals surface area contributed by atoms with Crippen LogP contribution in [0.25, 0.3) is 11.0 Å².